The largest absolute Gasteiger partial charge is 0.330 e. The third-order valence-corrected chi connectivity index (χ3v) is 4.60. The van der Waals surface area contributed by atoms with Gasteiger partial charge in [-0.2, -0.15) is 5.10 Å². The third kappa shape index (κ3) is 2.93. The summed E-state index contributed by atoms with van der Waals surface area (Å²) >= 11 is 0. The first-order chi connectivity index (χ1) is 12.1. The lowest BCUT2D eigenvalue weighted by molar-refractivity contribution is 0.0729. The molecule has 3 heterocycles. The molecule has 128 valence electrons. The Bertz CT molecular complexity index is 912. The molecule has 0 N–H and O–H groups in total. The summed E-state index contributed by atoms with van der Waals surface area (Å²) < 4.78 is 3.42. The molecule has 0 spiro atoms. The zero-order valence-electron chi connectivity index (χ0n) is 14.3. The highest BCUT2D eigenvalue weighted by Crippen LogP contribution is 2.32. The van der Waals surface area contributed by atoms with E-state index in [1.807, 2.05) is 55.5 Å². The van der Waals surface area contributed by atoms with Gasteiger partial charge in [0.05, 0.1) is 24.1 Å². The zero-order valence-corrected chi connectivity index (χ0v) is 14.3. The van der Waals surface area contributed by atoms with Crippen LogP contribution in [0.15, 0.2) is 42.9 Å². The molecule has 1 fully saturated rings. The SMILES string of the molecule is Cc1cccc(-n2cc(C(=O)N3CCC[C@@H]3c3cnn(C)c3)nn2)c1. The van der Waals surface area contributed by atoms with Crippen molar-refractivity contribution in [2.45, 2.75) is 25.8 Å². The summed E-state index contributed by atoms with van der Waals surface area (Å²) in [6, 6.07) is 8.01. The average Bonchev–Trinajstić information content (AvgIpc) is 3.34. The van der Waals surface area contributed by atoms with Crippen molar-refractivity contribution >= 4 is 5.91 Å². The fourth-order valence-electron chi connectivity index (χ4n) is 3.37. The van der Waals surface area contributed by atoms with Crippen LogP contribution in [0.25, 0.3) is 5.69 Å². The number of rotatable bonds is 3. The third-order valence-electron chi connectivity index (χ3n) is 4.60. The van der Waals surface area contributed by atoms with Gasteiger partial charge in [0.1, 0.15) is 0 Å². The average molecular weight is 336 g/mol. The van der Waals surface area contributed by atoms with Crippen LogP contribution in [0, 0.1) is 6.92 Å². The van der Waals surface area contributed by atoms with Crippen molar-refractivity contribution in [1.82, 2.24) is 29.7 Å². The number of carbonyl (C=O) groups is 1. The standard InChI is InChI=1S/C18H20N6O/c1-13-5-3-6-15(9-13)24-12-16(20-21-24)18(25)23-8-4-7-17(23)14-10-19-22(2)11-14/h3,5-6,9-12,17H,4,7-8H2,1-2H3/t17-/m1/s1. The second-order valence-corrected chi connectivity index (χ2v) is 6.49. The summed E-state index contributed by atoms with van der Waals surface area (Å²) in [5.41, 5.74) is 3.48. The lowest BCUT2D eigenvalue weighted by atomic mass is 10.1. The van der Waals surface area contributed by atoms with Crippen LogP contribution in [0.5, 0.6) is 0 Å². The summed E-state index contributed by atoms with van der Waals surface area (Å²) in [6.07, 6.45) is 7.44. The molecular weight excluding hydrogens is 316 g/mol. The minimum atomic E-state index is -0.0785. The molecule has 1 aliphatic heterocycles. The molecule has 2 aromatic heterocycles. The van der Waals surface area contributed by atoms with Gasteiger partial charge in [-0.1, -0.05) is 17.3 Å². The fourth-order valence-corrected chi connectivity index (χ4v) is 3.37. The van der Waals surface area contributed by atoms with Crippen molar-refractivity contribution in [3.05, 3.63) is 59.7 Å². The summed E-state index contributed by atoms with van der Waals surface area (Å²) in [7, 11) is 1.89. The van der Waals surface area contributed by atoms with Gasteiger partial charge >= 0.3 is 0 Å². The first-order valence-electron chi connectivity index (χ1n) is 8.41. The Morgan fingerprint density at radius 1 is 1.28 bits per heavy atom. The van der Waals surface area contributed by atoms with Crippen molar-refractivity contribution in [1.29, 1.82) is 0 Å². The summed E-state index contributed by atoms with van der Waals surface area (Å²) in [6.45, 7) is 2.75. The smallest absolute Gasteiger partial charge is 0.276 e. The molecule has 1 amide bonds. The number of likely N-dealkylation sites (tertiary alicyclic amines) is 1. The molecule has 1 aromatic carbocycles. The Morgan fingerprint density at radius 3 is 2.92 bits per heavy atom. The zero-order chi connectivity index (χ0) is 17.4. The Labute approximate surface area is 145 Å². The molecule has 0 saturated carbocycles. The molecule has 1 aliphatic rings. The van der Waals surface area contributed by atoms with Crippen molar-refractivity contribution in [3.8, 4) is 5.69 Å². The van der Waals surface area contributed by atoms with Crippen LogP contribution in [0.4, 0.5) is 0 Å². The molecule has 1 saturated heterocycles. The van der Waals surface area contributed by atoms with Crippen molar-refractivity contribution < 1.29 is 4.79 Å². The van der Waals surface area contributed by atoms with E-state index in [1.165, 1.54) is 0 Å². The predicted octanol–water partition coefficient (Wildman–Crippen LogP) is 2.29. The van der Waals surface area contributed by atoms with Crippen LogP contribution in [0.2, 0.25) is 0 Å². The highest BCUT2D eigenvalue weighted by atomic mass is 16.2. The molecule has 0 radical (unpaired) electrons. The van der Waals surface area contributed by atoms with Gasteiger partial charge in [-0.3, -0.25) is 9.48 Å². The highest BCUT2D eigenvalue weighted by Gasteiger charge is 2.32. The van der Waals surface area contributed by atoms with E-state index in [1.54, 1.807) is 15.6 Å². The van der Waals surface area contributed by atoms with E-state index in [-0.39, 0.29) is 11.9 Å². The van der Waals surface area contributed by atoms with Gasteiger partial charge in [0.2, 0.25) is 0 Å². The Kier molecular flexibility index (Phi) is 3.83. The number of benzene rings is 1. The first-order valence-corrected chi connectivity index (χ1v) is 8.41. The molecule has 0 unspecified atom stereocenters. The molecule has 7 heteroatoms. The monoisotopic (exact) mass is 336 g/mol. The Hall–Kier alpha value is -2.96. The summed E-state index contributed by atoms with van der Waals surface area (Å²) in [5.74, 6) is -0.0785. The van der Waals surface area contributed by atoms with Gasteiger partial charge in [0, 0.05) is 25.4 Å². The number of amides is 1. The fraction of sp³-hybridized carbons (Fsp3) is 0.333. The van der Waals surface area contributed by atoms with Gasteiger partial charge < -0.3 is 4.90 Å². The maximum absolute atomic E-state index is 12.9. The maximum atomic E-state index is 12.9. The van der Waals surface area contributed by atoms with Gasteiger partial charge in [-0.05, 0) is 37.5 Å². The minimum Gasteiger partial charge on any atom is -0.330 e. The van der Waals surface area contributed by atoms with Crippen LogP contribution < -0.4 is 0 Å². The van der Waals surface area contributed by atoms with Crippen molar-refractivity contribution in [3.63, 3.8) is 0 Å². The van der Waals surface area contributed by atoms with Crippen LogP contribution in [0.1, 0.15) is 40.5 Å². The number of nitrogens with zero attached hydrogens (tertiary/aromatic N) is 6. The predicted molar refractivity (Wildman–Crippen MR) is 92.3 cm³/mol. The number of aromatic nitrogens is 5. The second-order valence-electron chi connectivity index (χ2n) is 6.49. The van der Waals surface area contributed by atoms with E-state index < -0.39 is 0 Å². The number of aryl methyl sites for hydroxylation is 2. The molecule has 1 atom stereocenters. The lowest BCUT2D eigenvalue weighted by Gasteiger charge is -2.22. The molecule has 25 heavy (non-hydrogen) atoms. The molecule has 4 rings (SSSR count). The minimum absolute atomic E-state index is 0.0605. The van der Waals surface area contributed by atoms with Crippen LogP contribution in [0.3, 0.4) is 0 Å². The van der Waals surface area contributed by atoms with Crippen LogP contribution in [-0.4, -0.2) is 42.1 Å². The normalized spacial score (nSPS) is 17.2. The van der Waals surface area contributed by atoms with Crippen LogP contribution >= 0.6 is 0 Å². The van der Waals surface area contributed by atoms with E-state index in [4.69, 9.17) is 0 Å². The quantitative estimate of drug-likeness (QED) is 0.736. The van der Waals surface area contributed by atoms with E-state index in [0.717, 1.165) is 36.2 Å². The topological polar surface area (TPSA) is 68.8 Å². The Balaban J connectivity index is 1.58. The highest BCUT2D eigenvalue weighted by molar-refractivity contribution is 5.92. The molecule has 3 aromatic rings. The molecule has 7 nitrogen and oxygen atoms in total. The van der Waals surface area contributed by atoms with Gasteiger partial charge in [-0.15, -0.1) is 5.10 Å². The number of hydrogen-bond acceptors (Lipinski definition) is 4. The molecule has 0 aliphatic carbocycles. The van der Waals surface area contributed by atoms with Gasteiger partial charge in [0.25, 0.3) is 5.91 Å². The van der Waals surface area contributed by atoms with Crippen LogP contribution in [-0.2, 0) is 7.05 Å². The maximum Gasteiger partial charge on any atom is 0.276 e. The van der Waals surface area contributed by atoms with Crippen molar-refractivity contribution in [2.24, 2.45) is 7.05 Å². The van der Waals surface area contributed by atoms with Gasteiger partial charge in [-0.25, -0.2) is 4.68 Å². The van der Waals surface area contributed by atoms with E-state index in [2.05, 4.69) is 15.4 Å². The summed E-state index contributed by atoms with van der Waals surface area (Å²) in [5, 5.41) is 12.5. The molecular formula is C18H20N6O. The first kappa shape index (κ1) is 15.6. The number of carbonyl (C=O) groups excluding carboxylic acids is 1. The Morgan fingerprint density at radius 2 is 2.16 bits per heavy atom. The second kappa shape index (κ2) is 6.16. The summed E-state index contributed by atoms with van der Waals surface area (Å²) in [4.78, 5) is 14.8. The van der Waals surface area contributed by atoms with Gasteiger partial charge in [0.15, 0.2) is 5.69 Å². The number of hydrogen-bond donors (Lipinski definition) is 0. The van der Waals surface area contributed by atoms with Crippen molar-refractivity contribution in [2.75, 3.05) is 6.54 Å². The van der Waals surface area contributed by atoms with E-state index in [9.17, 15) is 4.79 Å². The molecule has 0 bridgehead atoms. The van der Waals surface area contributed by atoms with E-state index >= 15 is 0 Å². The van der Waals surface area contributed by atoms with E-state index in [0.29, 0.717) is 5.69 Å². The lowest BCUT2D eigenvalue weighted by Crippen LogP contribution is -2.30.